The SMILES string of the molecule is CCS(=O)(=O)N1CCN(C(=O)Cc2cc(OC)ccc2OC)CC1. The van der Waals surface area contributed by atoms with Gasteiger partial charge in [-0.15, -0.1) is 0 Å². The van der Waals surface area contributed by atoms with Gasteiger partial charge in [-0.3, -0.25) is 4.79 Å². The molecule has 2 rings (SSSR count). The Kier molecular flexibility index (Phi) is 6.06. The average Bonchev–Trinajstić information content (AvgIpc) is 2.61. The highest BCUT2D eigenvalue weighted by atomic mass is 32.2. The highest BCUT2D eigenvalue weighted by molar-refractivity contribution is 7.89. The maximum Gasteiger partial charge on any atom is 0.227 e. The summed E-state index contributed by atoms with van der Waals surface area (Å²) >= 11 is 0. The van der Waals surface area contributed by atoms with Crippen LogP contribution < -0.4 is 9.47 Å². The summed E-state index contributed by atoms with van der Waals surface area (Å²) in [6.45, 7) is 3.13. The van der Waals surface area contributed by atoms with Gasteiger partial charge in [0.25, 0.3) is 0 Å². The van der Waals surface area contributed by atoms with Crippen LogP contribution in [0.4, 0.5) is 0 Å². The van der Waals surface area contributed by atoms with Crippen LogP contribution in [0, 0.1) is 0 Å². The first-order chi connectivity index (χ1) is 11.4. The molecule has 0 unspecified atom stereocenters. The standard InChI is InChI=1S/C16H24N2O5S/c1-4-24(20,21)18-9-7-17(8-10-18)16(19)12-13-11-14(22-2)5-6-15(13)23-3/h5-6,11H,4,7-10,12H2,1-3H3. The van der Waals surface area contributed by atoms with Gasteiger partial charge in [-0.2, -0.15) is 4.31 Å². The molecule has 1 amide bonds. The minimum absolute atomic E-state index is 0.0462. The summed E-state index contributed by atoms with van der Waals surface area (Å²) in [5, 5.41) is 0. The number of carbonyl (C=O) groups excluding carboxylic acids is 1. The van der Waals surface area contributed by atoms with Crippen molar-refractivity contribution in [2.75, 3.05) is 46.2 Å². The van der Waals surface area contributed by atoms with E-state index in [9.17, 15) is 13.2 Å². The number of rotatable bonds is 6. The Bertz CT molecular complexity index is 682. The number of amides is 1. The van der Waals surface area contributed by atoms with Gasteiger partial charge in [-0.05, 0) is 25.1 Å². The molecule has 0 radical (unpaired) electrons. The molecule has 8 heteroatoms. The Labute approximate surface area is 143 Å². The molecule has 0 spiro atoms. The Morgan fingerprint density at radius 3 is 2.33 bits per heavy atom. The van der Waals surface area contributed by atoms with Crippen molar-refractivity contribution in [3.8, 4) is 11.5 Å². The number of hydrogen-bond donors (Lipinski definition) is 0. The quantitative estimate of drug-likeness (QED) is 0.751. The molecule has 1 aliphatic rings. The monoisotopic (exact) mass is 356 g/mol. The maximum absolute atomic E-state index is 12.5. The number of nitrogens with zero attached hydrogens (tertiary/aromatic N) is 2. The molecule has 134 valence electrons. The Hall–Kier alpha value is -1.80. The van der Waals surface area contributed by atoms with Crippen LogP contribution >= 0.6 is 0 Å². The third-order valence-electron chi connectivity index (χ3n) is 4.18. The van der Waals surface area contributed by atoms with Crippen LogP contribution in [-0.2, 0) is 21.2 Å². The molecule has 0 bridgehead atoms. The molecule has 1 fully saturated rings. The summed E-state index contributed by atoms with van der Waals surface area (Å²) in [5.74, 6) is 1.34. The van der Waals surface area contributed by atoms with Gasteiger partial charge in [0.2, 0.25) is 15.9 Å². The van der Waals surface area contributed by atoms with E-state index in [1.165, 1.54) is 4.31 Å². The van der Waals surface area contributed by atoms with E-state index >= 15 is 0 Å². The molecule has 1 saturated heterocycles. The summed E-state index contributed by atoms with van der Waals surface area (Å²) < 4.78 is 35.7. The van der Waals surface area contributed by atoms with Crippen molar-refractivity contribution in [3.63, 3.8) is 0 Å². The predicted molar refractivity (Wildman–Crippen MR) is 90.9 cm³/mol. The fraction of sp³-hybridized carbons (Fsp3) is 0.562. The summed E-state index contributed by atoms with van der Waals surface area (Å²) in [4.78, 5) is 14.2. The van der Waals surface area contributed by atoms with E-state index in [2.05, 4.69) is 0 Å². The first-order valence-electron chi connectivity index (χ1n) is 7.87. The molecule has 1 aromatic carbocycles. The molecular weight excluding hydrogens is 332 g/mol. The van der Waals surface area contributed by atoms with Gasteiger partial charge in [-0.25, -0.2) is 8.42 Å². The maximum atomic E-state index is 12.5. The van der Waals surface area contributed by atoms with Crippen LogP contribution in [0.3, 0.4) is 0 Å². The number of methoxy groups -OCH3 is 2. The molecule has 7 nitrogen and oxygen atoms in total. The molecule has 24 heavy (non-hydrogen) atoms. The fourth-order valence-electron chi connectivity index (χ4n) is 2.69. The van der Waals surface area contributed by atoms with E-state index in [1.54, 1.807) is 44.2 Å². The first kappa shape index (κ1) is 18.5. The van der Waals surface area contributed by atoms with Crippen molar-refractivity contribution in [1.82, 2.24) is 9.21 Å². The lowest BCUT2D eigenvalue weighted by atomic mass is 10.1. The molecule has 0 aliphatic carbocycles. The summed E-state index contributed by atoms with van der Waals surface area (Å²) in [6.07, 6.45) is 0.195. The smallest absolute Gasteiger partial charge is 0.227 e. The van der Waals surface area contributed by atoms with Gasteiger partial charge in [0, 0.05) is 31.7 Å². The number of piperazine rings is 1. The second-order valence-corrected chi connectivity index (χ2v) is 7.79. The Balaban J connectivity index is 2.02. The van der Waals surface area contributed by atoms with Crippen molar-refractivity contribution in [2.24, 2.45) is 0 Å². The molecule has 1 heterocycles. The first-order valence-corrected chi connectivity index (χ1v) is 9.48. The Morgan fingerprint density at radius 2 is 1.79 bits per heavy atom. The van der Waals surface area contributed by atoms with Crippen LogP contribution in [-0.4, -0.2) is 69.7 Å². The Morgan fingerprint density at radius 1 is 1.12 bits per heavy atom. The van der Waals surface area contributed by atoms with E-state index in [4.69, 9.17) is 9.47 Å². The second-order valence-electron chi connectivity index (χ2n) is 5.53. The van der Waals surface area contributed by atoms with Gasteiger partial charge in [0.15, 0.2) is 0 Å². The van der Waals surface area contributed by atoms with E-state index in [-0.39, 0.29) is 18.1 Å². The van der Waals surface area contributed by atoms with Crippen LogP contribution in [0.15, 0.2) is 18.2 Å². The summed E-state index contributed by atoms with van der Waals surface area (Å²) in [7, 11) is -0.0602. The van der Waals surface area contributed by atoms with Gasteiger partial charge < -0.3 is 14.4 Å². The number of carbonyl (C=O) groups is 1. The van der Waals surface area contributed by atoms with Crippen molar-refractivity contribution < 1.29 is 22.7 Å². The van der Waals surface area contributed by atoms with Gasteiger partial charge >= 0.3 is 0 Å². The third-order valence-corrected chi connectivity index (χ3v) is 6.06. The lowest BCUT2D eigenvalue weighted by Crippen LogP contribution is -2.51. The van der Waals surface area contributed by atoms with Crippen LogP contribution in [0.25, 0.3) is 0 Å². The zero-order valence-electron chi connectivity index (χ0n) is 14.3. The highest BCUT2D eigenvalue weighted by Crippen LogP contribution is 2.25. The normalized spacial score (nSPS) is 16.0. The van der Waals surface area contributed by atoms with Crippen molar-refractivity contribution in [2.45, 2.75) is 13.3 Å². The van der Waals surface area contributed by atoms with Crippen molar-refractivity contribution >= 4 is 15.9 Å². The zero-order valence-corrected chi connectivity index (χ0v) is 15.1. The number of sulfonamides is 1. The number of ether oxygens (including phenoxy) is 2. The van der Waals surface area contributed by atoms with Gasteiger partial charge in [0.05, 0.1) is 26.4 Å². The van der Waals surface area contributed by atoms with Crippen LogP contribution in [0.1, 0.15) is 12.5 Å². The topological polar surface area (TPSA) is 76.2 Å². The fourth-order valence-corrected chi connectivity index (χ4v) is 3.78. The van der Waals surface area contributed by atoms with E-state index in [0.29, 0.717) is 37.7 Å². The minimum Gasteiger partial charge on any atom is -0.497 e. The minimum atomic E-state index is -3.19. The molecule has 1 aromatic rings. The van der Waals surface area contributed by atoms with E-state index < -0.39 is 10.0 Å². The van der Waals surface area contributed by atoms with Crippen molar-refractivity contribution in [3.05, 3.63) is 23.8 Å². The van der Waals surface area contributed by atoms with E-state index in [1.807, 2.05) is 0 Å². The molecule has 0 saturated carbocycles. The molecular formula is C16H24N2O5S. The van der Waals surface area contributed by atoms with Gasteiger partial charge in [-0.1, -0.05) is 0 Å². The highest BCUT2D eigenvalue weighted by Gasteiger charge is 2.27. The second kappa shape index (κ2) is 7.85. The number of hydrogen-bond acceptors (Lipinski definition) is 5. The van der Waals surface area contributed by atoms with Crippen LogP contribution in [0.5, 0.6) is 11.5 Å². The predicted octanol–water partition coefficient (Wildman–Crippen LogP) is 0.740. The lowest BCUT2D eigenvalue weighted by Gasteiger charge is -2.34. The average molecular weight is 356 g/mol. The third kappa shape index (κ3) is 4.18. The summed E-state index contributed by atoms with van der Waals surface area (Å²) in [5.41, 5.74) is 0.755. The van der Waals surface area contributed by atoms with Gasteiger partial charge in [0.1, 0.15) is 11.5 Å². The van der Waals surface area contributed by atoms with Crippen LogP contribution in [0.2, 0.25) is 0 Å². The summed E-state index contributed by atoms with van der Waals surface area (Å²) in [6, 6.07) is 5.34. The molecule has 1 aliphatic heterocycles. The zero-order chi connectivity index (χ0) is 17.7. The molecule has 0 atom stereocenters. The van der Waals surface area contributed by atoms with Crippen molar-refractivity contribution in [1.29, 1.82) is 0 Å². The van der Waals surface area contributed by atoms with E-state index in [0.717, 1.165) is 5.56 Å². The molecule has 0 N–H and O–H groups in total. The largest absolute Gasteiger partial charge is 0.497 e. The number of benzene rings is 1. The molecule has 0 aromatic heterocycles. The lowest BCUT2D eigenvalue weighted by molar-refractivity contribution is -0.131.